The lowest BCUT2D eigenvalue weighted by atomic mass is 9.89. The zero-order valence-corrected chi connectivity index (χ0v) is 5.96. The van der Waals surface area contributed by atoms with Crippen LogP contribution in [0.4, 0.5) is 0 Å². The van der Waals surface area contributed by atoms with Crippen LogP contribution in [0.1, 0.15) is 12.8 Å². The SMILES string of the molecule is NC[C@@]1(O)C[C@H]2C=C[C@@H]1C2. The highest BCUT2D eigenvalue weighted by molar-refractivity contribution is 5.16. The number of fused-ring (bicyclic) bond motifs is 2. The molecular formula is C8H13NO. The highest BCUT2D eigenvalue weighted by atomic mass is 16.3. The van der Waals surface area contributed by atoms with Crippen molar-refractivity contribution in [2.45, 2.75) is 18.4 Å². The van der Waals surface area contributed by atoms with Crippen LogP contribution in [0.25, 0.3) is 0 Å². The monoisotopic (exact) mass is 139 g/mol. The molecule has 0 aliphatic heterocycles. The van der Waals surface area contributed by atoms with Gasteiger partial charge in [0, 0.05) is 12.5 Å². The zero-order chi connectivity index (χ0) is 7.19. The average Bonchev–Trinajstić information content (AvgIpc) is 2.46. The van der Waals surface area contributed by atoms with E-state index in [1.54, 1.807) is 0 Å². The largest absolute Gasteiger partial charge is 0.388 e. The molecule has 0 aromatic rings. The molecule has 1 fully saturated rings. The Labute approximate surface area is 60.7 Å². The van der Waals surface area contributed by atoms with E-state index in [0.29, 0.717) is 18.4 Å². The van der Waals surface area contributed by atoms with Gasteiger partial charge in [0.2, 0.25) is 0 Å². The summed E-state index contributed by atoms with van der Waals surface area (Å²) < 4.78 is 0. The Morgan fingerprint density at radius 2 is 2.40 bits per heavy atom. The van der Waals surface area contributed by atoms with Crippen molar-refractivity contribution in [3.63, 3.8) is 0 Å². The Morgan fingerprint density at radius 1 is 1.60 bits per heavy atom. The molecule has 0 amide bonds. The van der Waals surface area contributed by atoms with E-state index in [1.807, 2.05) is 0 Å². The van der Waals surface area contributed by atoms with E-state index < -0.39 is 5.60 Å². The maximum Gasteiger partial charge on any atom is 0.0837 e. The van der Waals surface area contributed by atoms with Gasteiger partial charge in [-0.2, -0.15) is 0 Å². The number of allylic oxidation sites excluding steroid dienone is 1. The summed E-state index contributed by atoms with van der Waals surface area (Å²) in [6, 6.07) is 0. The van der Waals surface area contributed by atoms with Gasteiger partial charge in [-0.1, -0.05) is 12.2 Å². The first kappa shape index (κ1) is 6.38. The van der Waals surface area contributed by atoms with Crippen LogP contribution in [0.5, 0.6) is 0 Å². The van der Waals surface area contributed by atoms with Crippen molar-refractivity contribution in [1.29, 1.82) is 0 Å². The molecule has 3 atom stereocenters. The van der Waals surface area contributed by atoms with Gasteiger partial charge in [0.15, 0.2) is 0 Å². The Kier molecular flexibility index (Phi) is 1.17. The maximum atomic E-state index is 9.81. The molecule has 3 N–H and O–H groups in total. The van der Waals surface area contributed by atoms with Crippen LogP contribution in [-0.2, 0) is 0 Å². The second kappa shape index (κ2) is 1.83. The van der Waals surface area contributed by atoms with E-state index >= 15 is 0 Å². The highest BCUT2D eigenvalue weighted by Crippen LogP contribution is 2.45. The summed E-state index contributed by atoms with van der Waals surface area (Å²) in [6.45, 7) is 0.415. The molecule has 1 saturated carbocycles. The number of hydrogen-bond acceptors (Lipinski definition) is 2. The number of aliphatic hydroxyl groups is 1. The van der Waals surface area contributed by atoms with E-state index in [9.17, 15) is 5.11 Å². The third-order valence-corrected chi connectivity index (χ3v) is 2.83. The molecule has 2 heteroatoms. The third-order valence-electron chi connectivity index (χ3n) is 2.83. The van der Waals surface area contributed by atoms with Crippen LogP contribution in [0.2, 0.25) is 0 Å². The molecule has 2 nitrogen and oxygen atoms in total. The number of hydrogen-bond donors (Lipinski definition) is 2. The lowest BCUT2D eigenvalue weighted by Gasteiger charge is -2.27. The summed E-state index contributed by atoms with van der Waals surface area (Å²) in [4.78, 5) is 0. The van der Waals surface area contributed by atoms with E-state index in [1.165, 1.54) is 0 Å². The fourth-order valence-corrected chi connectivity index (χ4v) is 2.16. The van der Waals surface area contributed by atoms with Crippen molar-refractivity contribution in [1.82, 2.24) is 0 Å². The Bertz CT molecular complexity index is 178. The standard InChI is InChI=1S/C8H13NO/c9-5-8(10)4-6-1-2-7(8)3-6/h1-2,6-7,10H,3-5,9H2/t6-,7+,8-/m0/s1. The summed E-state index contributed by atoms with van der Waals surface area (Å²) >= 11 is 0. The fourth-order valence-electron chi connectivity index (χ4n) is 2.16. The van der Waals surface area contributed by atoms with Crippen LogP contribution < -0.4 is 5.73 Å². The van der Waals surface area contributed by atoms with E-state index in [0.717, 1.165) is 12.8 Å². The Morgan fingerprint density at radius 3 is 2.70 bits per heavy atom. The molecule has 0 saturated heterocycles. The summed E-state index contributed by atoms with van der Waals surface area (Å²) in [5, 5.41) is 9.81. The van der Waals surface area contributed by atoms with Crippen LogP contribution >= 0.6 is 0 Å². The van der Waals surface area contributed by atoms with Crippen molar-refractivity contribution >= 4 is 0 Å². The second-order valence-electron chi connectivity index (χ2n) is 3.50. The minimum absolute atomic E-state index is 0.350. The Balaban J connectivity index is 2.22. The molecule has 2 aliphatic rings. The quantitative estimate of drug-likeness (QED) is 0.512. The minimum atomic E-state index is -0.556. The molecular weight excluding hydrogens is 126 g/mol. The normalized spacial score (nSPS) is 50.6. The minimum Gasteiger partial charge on any atom is -0.388 e. The molecule has 0 aromatic heterocycles. The molecule has 0 radical (unpaired) electrons. The van der Waals surface area contributed by atoms with Gasteiger partial charge in [-0.15, -0.1) is 0 Å². The predicted molar refractivity (Wildman–Crippen MR) is 39.4 cm³/mol. The molecule has 2 bridgehead atoms. The summed E-state index contributed by atoms with van der Waals surface area (Å²) in [6.07, 6.45) is 6.31. The van der Waals surface area contributed by atoms with Crippen molar-refractivity contribution in [3.8, 4) is 0 Å². The lowest BCUT2D eigenvalue weighted by molar-refractivity contribution is 0.0240. The van der Waals surface area contributed by atoms with Crippen molar-refractivity contribution in [3.05, 3.63) is 12.2 Å². The number of nitrogens with two attached hydrogens (primary N) is 1. The molecule has 0 heterocycles. The average molecular weight is 139 g/mol. The lowest BCUT2D eigenvalue weighted by Crippen LogP contribution is -2.41. The highest BCUT2D eigenvalue weighted by Gasteiger charge is 2.45. The molecule has 56 valence electrons. The van der Waals surface area contributed by atoms with Crippen molar-refractivity contribution < 1.29 is 5.11 Å². The van der Waals surface area contributed by atoms with Gasteiger partial charge in [0.05, 0.1) is 5.60 Å². The van der Waals surface area contributed by atoms with Gasteiger partial charge in [-0.3, -0.25) is 0 Å². The molecule has 2 rings (SSSR count). The van der Waals surface area contributed by atoms with Crippen LogP contribution in [0.15, 0.2) is 12.2 Å². The first-order valence-corrected chi connectivity index (χ1v) is 3.85. The van der Waals surface area contributed by atoms with Crippen LogP contribution in [0.3, 0.4) is 0 Å². The zero-order valence-electron chi connectivity index (χ0n) is 5.96. The third kappa shape index (κ3) is 0.662. The predicted octanol–water partition coefficient (Wildman–Crippen LogP) is 0.272. The first-order chi connectivity index (χ1) is 4.74. The molecule has 0 aromatic carbocycles. The molecule has 10 heavy (non-hydrogen) atoms. The molecule has 0 unspecified atom stereocenters. The van der Waals surface area contributed by atoms with Crippen LogP contribution in [0, 0.1) is 11.8 Å². The van der Waals surface area contributed by atoms with Gasteiger partial charge in [0.25, 0.3) is 0 Å². The fraction of sp³-hybridized carbons (Fsp3) is 0.750. The summed E-state index contributed by atoms with van der Waals surface area (Å²) in [7, 11) is 0. The van der Waals surface area contributed by atoms with Crippen molar-refractivity contribution in [2.24, 2.45) is 17.6 Å². The topological polar surface area (TPSA) is 46.2 Å². The summed E-state index contributed by atoms with van der Waals surface area (Å²) in [5.41, 5.74) is 4.91. The smallest absolute Gasteiger partial charge is 0.0837 e. The van der Waals surface area contributed by atoms with Gasteiger partial charge < -0.3 is 10.8 Å². The van der Waals surface area contributed by atoms with Gasteiger partial charge in [0.1, 0.15) is 0 Å². The second-order valence-corrected chi connectivity index (χ2v) is 3.50. The first-order valence-electron chi connectivity index (χ1n) is 3.85. The van der Waals surface area contributed by atoms with E-state index in [-0.39, 0.29) is 0 Å². The number of rotatable bonds is 1. The van der Waals surface area contributed by atoms with E-state index in [4.69, 9.17) is 5.73 Å². The van der Waals surface area contributed by atoms with Gasteiger partial charge >= 0.3 is 0 Å². The molecule has 2 aliphatic carbocycles. The van der Waals surface area contributed by atoms with Crippen molar-refractivity contribution in [2.75, 3.05) is 6.54 Å². The van der Waals surface area contributed by atoms with Gasteiger partial charge in [-0.05, 0) is 18.8 Å². The summed E-state index contributed by atoms with van der Waals surface area (Å²) in [5.74, 6) is 0.959. The molecule has 0 spiro atoms. The van der Waals surface area contributed by atoms with Gasteiger partial charge in [-0.25, -0.2) is 0 Å². The Hall–Kier alpha value is -0.340. The van der Waals surface area contributed by atoms with Crippen LogP contribution in [-0.4, -0.2) is 17.3 Å². The maximum absolute atomic E-state index is 9.81. The van der Waals surface area contributed by atoms with E-state index in [2.05, 4.69) is 12.2 Å².